The molecule has 1 heterocycles. The van der Waals surface area contributed by atoms with Gasteiger partial charge in [0.05, 0.1) is 13.2 Å². The second-order valence-electron chi connectivity index (χ2n) is 4.81. The fourth-order valence-corrected chi connectivity index (χ4v) is 1.92. The monoisotopic (exact) mass is 283 g/mol. The van der Waals surface area contributed by atoms with Crippen molar-refractivity contribution in [2.45, 2.75) is 59.7 Å². The van der Waals surface area contributed by atoms with Crippen molar-refractivity contribution in [1.29, 1.82) is 0 Å². The summed E-state index contributed by atoms with van der Waals surface area (Å²) in [6, 6.07) is -0.327. The molecule has 0 aliphatic heterocycles. The first kappa shape index (κ1) is 16.6. The van der Waals surface area contributed by atoms with Crippen LogP contribution in [0.2, 0.25) is 0 Å². The van der Waals surface area contributed by atoms with E-state index in [0.29, 0.717) is 13.2 Å². The van der Waals surface area contributed by atoms with Crippen molar-refractivity contribution in [2.75, 3.05) is 6.61 Å². The molecule has 0 radical (unpaired) electrons. The van der Waals surface area contributed by atoms with Crippen LogP contribution < -0.4 is 5.32 Å². The number of ether oxygens (including phenoxy) is 1. The number of carbonyl (C=O) groups is 1. The van der Waals surface area contributed by atoms with E-state index < -0.39 is 0 Å². The highest BCUT2D eigenvalue weighted by molar-refractivity contribution is 5.76. The molecule has 0 aliphatic carbocycles. The minimum Gasteiger partial charge on any atom is -0.465 e. The van der Waals surface area contributed by atoms with Gasteiger partial charge in [0.25, 0.3) is 0 Å². The number of esters is 1. The lowest BCUT2D eigenvalue weighted by molar-refractivity contribution is -0.147. The number of aryl methyl sites for hydroxylation is 1. The maximum Gasteiger partial charge on any atom is 0.323 e. The lowest BCUT2D eigenvalue weighted by atomic mass is 9.99. The van der Waals surface area contributed by atoms with Gasteiger partial charge in [-0.1, -0.05) is 27.2 Å². The highest BCUT2D eigenvalue weighted by Crippen LogP contribution is 2.10. The largest absolute Gasteiger partial charge is 0.465 e. The fraction of sp³-hybridized carbons (Fsp3) is 0.846. The number of tetrazole rings is 1. The number of carbonyl (C=O) groups excluding carboxylic acids is 1. The van der Waals surface area contributed by atoms with Crippen LogP contribution in [0.5, 0.6) is 0 Å². The van der Waals surface area contributed by atoms with Gasteiger partial charge in [0, 0.05) is 6.54 Å². The number of hydrogen-bond donors (Lipinski definition) is 1. The Labute approximate surface area is 120 Å². The number of nitrogens with one attached hydrogen (secondary N) is 1. The lowest BCUT2D eigenvalue weighted by Gasteiger charge is -2.22. The molecule has 0 aliphatic rings. The Morgan fingerprint density at radius 3 is 2.75 bits per heavy atom. The van der Waals surface area contributed by atoms with Crippen LogP contribution in [-0.4, -0.2) is 38.8 Å². The van der Waals surface area contributed by atoms with Crippen LogP contribution >= 0.6 is 0 Å². The topological polar surface area (TPSA) is 81.9 Å². The van der Waals surface area contributed by atoms with Crippen LogP contribution in [0.3, 0.4) is 0 Å². The molecule has 7 nitrogen and oxygen atoms in total. The molecule has 2 atom stereocenters. The van der Waals surface area contributed by atoms with E-state index in [1.54, 1.807) is 4.68 Å². The molecule has 0 spiro atoms. The van der Waals surface area contributed by atoms with E-state index >= 15 is 0 Å². The van der Waals surface area contributed by atoms with Crippen molar-refractivity contribution in [3.8, 4) is 0 Å². The maximum absolute atomic E-state index is 12.0. The van der Waals surface area contributed by atoms with Crippen molar-refractivity contribution in [2.24, 2.45) is 5.92 Å². The molecule has 0 saturated heterocycles. The first-order valence-corrected chi connectivity index (χ1v) is 7.29. The second kappa shape index (κ2) is 8.63. The molecule has 1 aromatic rings. The number of rotatable bonds is 9. The Morgan fingerprint density at radius 2 is 2.15 bits per heavy atom. The first-order valence-electron chi connectivity index (χ1n) is 7.29. The maximum atomic E-state index is 12.0. The van der Waals surface area contributed by atoms with Crippen molar-refractivity contribution in [3.05, 3.63) is 5.82 Å². The van der Waals surface area contributed by atoms with Crippen molar-refractivity contribution in [3.63, 3.8) is 0 Å². The van der Waals surface area contributed by atoms with Crippen molar-refractivity contribution in [1.82, 2.24) is 25.5 Å². The number of hydrogen-bond acceptors (Lipinski definition) is 6. The van der Waals surface area contributed by atoms with Gasteiger partial charge < -0.3 is 4.74 Å². The average molecular weight is 283 g/mol. The van der Waals surface area contributed by atoms with E-state index in [1.165, 1.54) is 0 Å². The molecule has 1 rings (SSSR count). The molecule has 114 valence electrons. The summed E-state index contributed by atoms with van der Waals surface area (Å²) in [6.45, 7) is 9.59. The Kier molecular flexibility index (Phi) is 7.14. The normalized spacial score (nSPS) is 14.0. The smallest absolute Gasteiger partial charge is 0.323 e. The third-order valence-corrected chi connectivity index (χ3v) is 3.28. The zero-order valence-electron chi connectivity index (χ0n) is 12.8. The summed E-state index contributed by atoms with van der Waals surface area (Å²) >= 11 is 0. The van der Waals surface area contributed by atoms with Crippen molar-refractivity contribution >= 4 is 5.97 Å². The molecule has 0 fully saturated rings. The third kappa shape index (κ3) is 4.56. The molecule has 1 N–H and O–H groups in total. The van der Waals surface area contributed by atoms with Crippen LogP contribution in [0.25, 0.3) is 0 Å². The fourth-order valence-electron chi connectivity index (χ4n) is 1.92. The molecular weight excluding hydrogens is 258 g/mol. The Hall–Kier alpha value is -1.50. The van der Waals surface area contributed by atoms with Gasteiger partial charge in [-0.15, -0.1) is 5.10 Å². The zero-order chi connectivity index (χ0) is 15.0. The average Bonchev–Trinajstić information content (AvgIpc) is 2.87. The predicted molar refractivity (Wildman–Crippen MR) is 74.8 cm³/mol. The second-order valence-corrected chi connectivity index (χ2v) is 4.81. The highest BCUT2D eigenvalue weighted by atomic mass is 16.5. The summed E-state index contributed by atoms with van der Waals surface area (Å²) in [5.74, 6) is 0.727. The SMILES string of the molecule is CCCn1nnnc1CNC(C(=O)OCC)C(C)CC. The standard InChI is InChI=1S/C13H25N5O2/c1-5-8-18-11(15-16-17-18)9-14-12(10(4)6-2)13(19)20-7-3/h10,12,14H,5-9H2,1-4H3. The predicted octanol–water partition coefficient (Wildman–Crippen LogP) is 1.15. The van der Waals surface area contributed by atoms with Crippen LogP contribution in [0.15, 0.2) is 0 Å². The van der Waals surface area contributed by atoms with Gasteiger partial charge in [-0.05, 0) is 29.7 Å². The first-order chi connectivity index (χ1) is 9.63. The van der Waals surface area contributed by atoms with E-state index in [2.05, 4.69) is 34.7 Å². The Bertz CT molecular complexity index is 407. The minimum absolute atomic E-state index is 0.199. The van der Waals surface area contributed by atoms with Gasteiger partial charge in [0.15, 0.2) is 5.82 Å². The zero-order valence-corrected chi connectivity index (χ0v) is 12.8. The van der Waals surface area contributed by atoms with Crippen LogP contribution in [-0.2, 0) is 22.6 Å². The molecule has 7 heteroatoms. The van der Waals surface area contributed by atoms with Gasteiger partial charge in [-0.3, -0.25) is 10.1 Å². The molecule has 0 amide bonds. The highest BCUT2D eigenvalue weighted by Gasteiger charge is 2.25. The van der Waals surface area contributed by atoms with E-state index in [1.807, 2.05) is 13.8 Å². The third-order valence-electron chi connectivity index (χ3n) is 3.28. The molecule has 20 heavy (non-hydrogen) atoms. The quantitative estimate of drug-likeness (QED) is 0.685. The Morgan fingerprint density at radius 1 is 1.40 bits per heavy atom. The summed E-state index contributed by atoms with van der Waals surface area (Å²) in [6.07, 6.45) is 1.86. The molecule has 2 unspecified atom stereocenters. The van der Waals surface area contributed by atoms with Crippen LogP contribution in [0.1, 0.15) is 46.4 Å². The minimum atomic E-state index is -0.327. The summed E-state index contributed by atoms with van der Waals surface area (Å²) < 4.78 is 6.87. The molecule has 0 aromatic carbocycles. The lowest BCUT2D eigenvalue weighted by Crippen LogP contribution is -2.43. The summed E-state index contributed by atoms with van der Waals surface area (Å²) in [5, 5.41) is 14.8. The van der Waals surface area contributed by atoms with Crippen molar-refractivity contribution < 1.29 is 9.53 Å². The van der Waals surface area contributed by atoms with Crippen LogP contribution in [0.4, 0.5) is 0 Å². The molecular formula is C13H25N5O2. The number of nitrogens with zero attached hydrogens (tertiary/aromatic N) is 4. The van der Waals surface area contributed by atoms with Gasteiger partial charge >= 0.3 is 5.97 Å². The molecule has 1 aromatic heterocycles. The van der Waals surface area contributed by atoms with E-state index in [-0.39, 0.29) is 17.9 Å². The summed E-state index contributed by atoms with van der Waals surface area (Å²) in [5.41, 5.74) is 0. The van der Waals surface area contributed by atoms with Gasteiger partial charge in [0.1, 0.15) is 6.04 Å². The van der Waals surface area contributed by atoms with Crippen LogP contribution in [0, 0.1) is 5.92 Å². The van der Waals surface area contributed by atoms with E-state index in [4.69, 9.17) is 4.74 Å². The van der Waals surface area contributed by atoms with Gasteiger partial charge in [-0.2, -0.15) is 0 Å². The van der Waals surface area contributed by atoms with E-state index in [0.717, 1.165) is 25.2 Å². The van der Waals surface area contributed by atoms with Gasteiger partial charge in [-0.25, -0.2) is 4.68 Å². The summed E-state index contributed by atoms with van der Waals surface area (Å²) in [7, 11) is 0. The summed E-state index contributed by atoms with van der Waals surface area (Å²) in [4.78, 5) is 12.0. The molecule has 0 saturated carbocycles. The van der Waals surface area contributed by atoms with E-state index in [9.17, 15) is 4.79 Å². The molecule has 0 bridgehead atoms. The van der Waals surface area contributed by atoms with Gasteiger partial charge in [0.2, 0.25) is 0 Å². The Balaban J connectivity index is 2.65. The number of aromatic nitrogens is 4.